The largest absolute Gasteiger partial charge is 0.205 e. The topological polar surface area (TPSA) is 3.88 Å². The predicted molar refractivity (Wildman–Crippen MR) is 268 cm³/mol. The van der Waals surface area contributed by atoms with Crippen molar-refractivity contribution in [2.24, 2.45) is 5.41 Å². The van der Waals surface area contributed by atoms with E-state index in [1.165, 1.54) is 315 Å². The molecule has 0 aliphatic heterocycles. The first-order chi connectivity index (χ1) is 29.3. The molecule has 1 heterocycles. The van der Waals surface area contributed by atoms with Crippen molar-refractivity contribution in [3.05, 3.63) is 30.6 Å². The summed E-state index contributed by atoms with van der Waals surface area (Å²) in [6, 6.07) is 6.65. The Kier molecular flexibility index (Phi) is 44.4. The van der Waals surface area contributed by atoms with Gasteiger partial charge in [0, 0.05) is 18.6 Å². The second kappa shape index (κ2) is 46.6. The van der Waals surface area contributed by atoms with Crippen LogP contribution in [0.1, 0.15) is 329 Å². The number of pyridine rings is 1. The van der Waals surface area contributed by atoms with E-state index in [1.807, 2.05) is 0 Å². The fourth-order valence-electron chi connectivity index (χ4n) is 10.1. The summed E-state index contributed by atoms with van der Waals surface area (Å²) in [6.07, 6.45) is 74.9. The second-order valence-corrected chi connectivity index (χ2v) is 20.1. The van der Waals surface area contributed by atoms with E-state index in [4.69, 9.17) is 0 Å². The SMILES string of the molecule is CCCCCCCCCCCCCCCCCC(CCCCCCCCCCCCCCCC)(CCCCCCCCCCCCCCCCC)CC[n+]1ccccc1. The van der Waals surface area contributed by atoms with E-state index in [0.717, 1.165) is 0 Å². The molecular weight excluding hydrogens is 711 g/mol. The van der Waals surface area contributed by atoms with Crippen LogP contribution in [0.3, 0.4) is 0 Å². The van der Waals surface area contributed by atoms with Gasteiger partial charge in [-0.05, 0) is 24.7 Å². The molecule has 0 saturated carbocycles. The third-order valence-corrected chi connectivity index (χ3v) is 14.4. The van der Waals surface area contributed by atoms with Crippen molar-refractivity contribution in [1.82, 2.24) is 0 Å². The lowest BCUT2D eigenvalue weighted by atomic mass is 9.71. The van der Waals surface area contributed by atoms with Gasteiger partial charge in [0.1, 0.15) is 6.54 Å². The molecule has 0 saturated heterocycles. The average Bonchev–Trinajstić information content (AvgIpc) is 3.26. The molecule has 1 aromatic heterocycles. The van der Waals surface area contributed by atoms with Gasteiger partial charge in [0.25, 0.3) is 0 Å². The number of nitrogens with zero attached hydrogens (tertiary/aromatic N) is 1. The molecule has 0 unspecified atom stereocenters. The van der Waals surface area contributed by atoms with Gasteiger partial charge in [0.2, 0.25) is 0 Å². The van der Waals surface area contributed by atoms with Crippen molar-refractivity contribution in [2.75, 3.05) is 0 Å². The predicted octanol–water partition coefficient (Wildman–Crippen LogP) is 20.7. The highest BCUT2D eigenvalue weighted by Crippen LogP contribution is 2.41. The van der Waals surface area contributed by atoms with E-state index >= 15 is 0 Å². The van der Waals surface area contributed by atoms with Gasteiger partial charge in [-0.1, -0.05) is 309 Å². The van der Waals surface area contributed by atoms with E-state index < -0.39 is 0 Å². The van der Waals surface area contributed by atoms with Crippen LogP contribution in [0.5, 0.6) is 0 Å². The lowest BCUT2D eigenvalue weighted by Gasteiger charge is -2.34. The number of aryl methyl sites for hydroxylation is 1. The third kappa shape index (κ3) is 39.7. The summed E-state index contributed by atoms with van der Waals surface area (Å²) in [5.74, 6) is 0. The maximum absolute atomic E-state index is 2.49. The summed E-state index contributed by atoms with van der Waals surface area (Å²) < 4.78 is 2.49. The molecule has 0 amide bonds. The molecule has 59 heavy (non-hydrogen) atoms. The first kappa shape index (κ1) is 56.2. The standard InChI is InChI=1S/C58H112N/c1-4-7-10-13-16-19-22-25-28-31-34-37-40-43-47-52-58(54-57-59-55-49-45-50-56-59,51-46-42-39-36-33-30-27-24-21-18-15-12-9-6-3)53-48-44-41-38-35-32-29-26-23-20-17-14-11-8-5-2/h45,49-50,55-56H,4-44,46-48,51-54,57H2,1-3H3/q+1. The molecule has 0 N–H and O–H groups in total. The monoisotopic (exact) mass is 823 g/mol. The summed E-state index contributed by atoms with van der Waals surface area (Å²) >= 11 is 0. The molecule has 1 rings (SSSR count). The van der Waals surface area contributed by atoms with Crippen LogP contribution in [0.15, 0.2) is 30.6 Å². The smallest absolute Gasteiger partial charge is 0.168 e. The van der Waals surface area contributed by atoms with Crippen molar-refractivity contribution in [2.45, 2.75) is 336 Å². The Balaban J connectivity index is 2.50. The van der Waals surface area contributed by atoms with Gasteiger partial charge in [-0.3, -0.25) is 0 Å². The van der Waals surface area contributed by atoms with Gasteiger partial charge in [0.15, 0.2) is 12.4 Å². The highest BCUT2D eigenvalue weighted by atomic mass is 14.9. The third-order valence-electron chi connectivity index (χ3n) is 14.4. The van der Waals surface area contributed by atoms with E-state index in [0.29, 0.717) is 5.41 Å². The summed E-state index contributed by atoms with van der Waals surface area (Å²) in [5.41, 5.74) is 0.549. The van der Waals surface area contributed by atoms with Crippen LogP contribution in [0.4, 0.5) is 0 Å². The van der Waals surface area contributed by atoms with Gasteiger partial charge in [-0.25, -0.2) is 4.57 Å². The van der Waals surface area contributed by atoms with Gasteiger partial charge in [-0.2, -0.15) is 0 Å². The number of unbranched alkanes of at least 4 members (excludes halogenated alkanes) is 41. The Hall–Kier alpha value is -0.850. The Bertz CT molecular complexity index is 858. The molecule has 1 nitrogen and oxygen atoms in total. The summed E-state index contributed by atoms with van der Waals surface area (Å²) in [6.45, 7) is 8.18. The molecule has 0 aromatic carbocycles. The summed E-state index contributed by atoms with van der Waals surface area (Å²) in [7, 11) is 0. The van der Waals surface area contributed by atoms with Gasteiger partial charge < -0.3 is 0 Å². The van der Waals surface area contributed by atoms with Crippen LogP contribution >= 0.6 is 0 Å². The maximum Gasteiger partial charge on any atom is 0.168 e. The minimum Gasteiger partial charge on any atom is -0.205 e. The van der Waals surface area contributed by atoms with Crippen LogP contribution in [0, 0.1) is 5.41 Å². The first-order valence-electron chi connectivity index (χ1n) is 28.2. The number of aromatic nitrogens is 1. The minimum absolute atomic E-state index is 0.549. The molecule has 0 bridgehead atoms. The number of rotatable bonds is 50. The molecule has 0 atom stereocenters. The summed E-state index contributed by atoms with van der Waals surface area (Å²) in [5, 5.41) is 0. The fourth-order valence-corrected chi connectivity index (χ4v) is 10.1. The zero-order valence-electron chi connectivity index (χ0n) is 41.5. The molecule has 1 aromatic rings. The highest BCUT2D eigenvalue weighted by molar-refractivity contribution is 4.84. The molecule has 348 valence electrons. The molecule has 0 fully saturated rings. The Morgan fingerprint density at radius 2 is 0.441 bits per heavy atom. The lowest BCUT2D eigenvalue weighted by Crippen LogP contribution is -2.36. The van der Waals surface area contributed by atoms with E-state index in [-0.39, 0.29) is 0 Å². The molecule has 0 spiro atoms. The van der Waals surface area contributed by atoms with E-state index in [2.05, 4.69) is 55.9 Å². The highest BCUT2D eigenvalue weighted by Gasteiger charge is 2.30. The normalized spacial score (nSPS) is 11.9. The van der Waals surface area contributed by atoms with Crippen LogP contribution in [-0.2, 0) is 6.54 Å². The van der Waals surface area contributed by atoms with Gasteiger partial charge in [-0.15, -0.1) is 0 Å². The van der Waals surface area contributed by atoms with Crippen molar-refractivity contribution >= 4 is 0 Å². The molecule has 1 heteroatoms. The average molecular weight is 824 g/mol. The Morgan fingerprint density at radius 3 is 0.661 bits per heavy atom. The zero-order chi connectivity index (χ0) is 42.3. The van der Waals surface area contributed by atoms with Crippen LogP contribution in [0.2, 0.25) is 0 Å². The molecular formula is C58H112N+. The van der Waals surface area contributed by atoms with Crippen LogP contribution < -0.4 is 4.57 Å². The van der Waals surface area contributed by atoms with Gasteiger partial charge >= 0.3 is 0 Å². The minimum atomic E-state index is 0.549. The Morgan fingerprint density at radius 1 is 0.237 bits per heavy atom. The van der Waals surface area contributed by atoms with Crippen molar-refractivity contribution in [3.63, 3.8) is 0 Å². The van der Waals surface area contributed by atoms with Crippen LogP contribution in [-0.4, -0.2) is 0 Å². The maximum atomic E-state index is 2.49. The quantitative estimate of drug-likeness (QED) is 0.0455. The van der Waals surface area contributed by atoms with Crippen LogP contribution in [0.25, 0.3) is 0 Å². The van der Waals surface area contributed by atoms with E-state index in [1.54, 1.807) is 0 Å². The van der Waals surface area contributed by atoms with E-state index in [9.17, 15) is 0 Å². The molecule has 0 aliphatic rings. The number of hydrogen-bond acceptors (Lipinski definition) is 0. The summed E-state index contributed by atoms with van der Waals surface area (Å²) in [4.78, 5) is 0. The molecule has 0 radical (unpaired) electrons. The second-order valence-electron chi connectivity index (χ2n) is 20.1. The van der Waals surface area contributed by atoms with Crippen molar-refractivity contribution < 1.29 is 4.57 Å². The lowest BCUT2D eigenvalue weighted by molar-refractivity contribution is -0.699. The van der Waals surface area contributed by atoms with Crippen molar-refractivity contribution in [3.8, 4) is 0 Å². The molecule has 0 aliphatic carbocycles. The number of hydrogen-bond donors (Lipinski definition) is 0. The van der Waals surface area contributed by atoms with Crippen molar-refractivity contribution in [1.29, 1.82) is 0 Å². The Labute approximate surface area is 374 Å². The fraction of sp³-hybridized carbons (Fsp3) is 0.914. The first-order valence-corrected chi connectivity index (χ1v) is 28.2. The zero-order valence-corrected chi connectivity index (χ0v) is 41.5. The van der Waals surface area contributed by atoms with Gasteiger partial charge in [0.05, 0.1) is 0 Å².